The normalized spacial score (nSPS) is 28.1. The van der Waals surface area contributed by atoms with Crippen molar-refractivity contribution in [1.29, 1.82) is 0 Å². The average Bonchev–Trinajstić information content (AvgIpc) is 2.90. The number of hydrogen-bond acceptors (Lipinski definition) is 5. The lowest BCUT2D eigenvalue weighted by atomic mass is 10.0. The van der Waals surface area contributed by atoms with E-state index >= 15 is 0 Å². The number of aliphatic hydroxyl groups is 1. The molecule has 132 valence electrons. The van der Waals surface area contributed by atoms with Crippen molar-refractivity contribution >= 4 is 17.7 Å². The van der Waals surface area contributed by atoms with Gasteiger partial charge in [-0.3, -0.25) is 14.7 Å². The van der Waals surface area contributed by atoms with Gasteiger partial charge in [0.2, 0.25) is 0 Å². The maximum absolute atomic E-state index is 12.7. The van der Waals surface area contributed by atoms with Crippen molar-refractivity contribution < 1.29 is 9.90 Å². The Morgan fingerprint density at radius 3 is 3.04 bits per heavy atom. The third kappa shape index (κ3) is 4.10. The number of rotatable bonds is 4. The summed E-state index contributed by atoms with van der Waals surface area (Å²) in [5.41, 5.74) is -0.0425. The smallest absolute Gasteiger partial charge is 0.255 e. The predicted molar refractivity (Wildman–Crippen MR) is 96.8 cm³/mol. The first-order valence-electron chi connectivity index (χ1n) is 8.78. The molecule has 0 aliphatic carbocycles. The lowest BCUT2D eigenvalue weighted by molar-refractivity contribution is -0.148. The highest BCUT2D eigenvalue weighted by molar-refractivity contribution is 7.99. The van der Waals surface area contributed by atoms with E-state index in [0.717, 1.165) is 50.3 Å². The standard InChI is InChI=1S/C18H27N3O2S/c1-20(13-15-5-2-3-9-19-15)16-6-4-10-21(11-7-16)17(22)18(23)8-12-24-14-18/h2-3,5,9,16,23H,4,6-8,10-14H2,1H3/t16-,18+/m0/s1. The Bertz CT molecular complexity index is 548. The highest BCUT2D eigenvalue weighted by atomic mass is 32.2. The first kappa shape index (κ1) is 17.7. The zero-order chi connectivity index (χ0) is 17.0. The van der Waals surface area contributed by atoms with E-state index in [1.807, 2.05) is 23.2 Å². The van der Waals surface area contributed by atoms with E-state index in [1.165, 1.54) is 0 Å². The Morgan fingerprint density at radius 1 is 1.46 bits per heavy atom. The SMILES string of the molecule is CN(Cc1ccccn1)[C@H]1CCCN(C(=O)[C@@]2(O)CCSC2)CC1. The third-order valence-electron chi connectivity index (χ3n) is 5.14. The van der Waals surface area contributed by atoms with E-state index in [2.05, 4.69) is 23.0 Å². The van der Waals surface area contributed by atoms with Gasteiger partial charge in [0.05, 0.1) is 5.69 Å². The molecular formula is C18H27N3O2S. The molecule has 0 spiro atoms. The van der Waals surface area contributed by atoms with E-state index in [1.54, 1.807) is 11.8 Å². The number of likely N-dealkylation sites (tertiary alicyclic amines) is 1. The first-order chi connectivity index (χ1) is 11.6. The van der Waals surface area contributed by atoms with Crippen molar-refractivity contribution in [3.8, 4) is 0 Å². The van der Waals surface area contributed by atoms with Gasteiger partial charge in [-0.25, -0.2) is 0 Å². The monoisotopic (exact) mass is 349 g/mol. The number of pyridine rings is 1. The van der Waals surface area contributed by atoms with Gasteiger partial charge in [-0.1, -0.05) is 6.07 Å². The molecule has 2 aliphatic heterocycles. The lowest BCUT2D eigenvalue weighted by Gasteiger charge is -2.30. The van der Waals surface area contributed by atoms with Crippen molar-refractivity contribution in [2.24, 2.45) is 0 Å². The Balaban J connectivity index is 1.55. The number of carbonyl (C=O) groups excluding carboxylic acids is 1. The van der Waals surface area contributed by atoms with Gasteiger partial charge in [0.1, 0.15) is 0 Å². The molecule has 24 heavy (non-hydrogen) atoms. The molecule has 0 unspecified atom stereocenters. The van der Waals surface area contributed by atoms with Crippen molar-refractivity contribution in [3.63, 3.8) is 0 Å². The second-order valence-electron chi connectivity index (χ2n) is 6.95. The molecule has 0 saturated carbocycles. The molecule has 0 radical (unpaired) electrons. The molecule has 2 fully saturated rings. The van der Waals surface area contributed by atoms with Crippen LogP contribution in [0.1, 0.15) is 31.4 Å². The lowest BCUT2D eigenvalue weighted by Crippen LogP contribution is -2.49. The molecule has 1 amide bonds. The van der Waals surface area contributed by atoms with Gasteiger partial charge in [0.25, 0.3) is 5.91 Å². The second-order valence-corrected chi connectivity index (χ2v) is 8.05. The number of aromatic nitrogens is 1. The van der Waals surface area contributed by atoms with Crippen molar-refractivity contribution in [3.05, 3.63) is 30.1 Å². The molecule has 2 atom stereocenters. The summed E-state index contributed by atoms with van der Waals surface area (Å²) in [6, 6.07) is 6.46. The van der Waals surface area contributed by atoms with Crippen LogP contribution >= 0.6 is 11.8 Å². The quantitative estimate of drug-likeness (QED) is 0.898. The first-order valence-corrected chi connectivity index (χ1v) is 9.94. The zero-order valence-electron chi connectivity index (χ0n) is 14.4. The molecule has 3 rings (SSSR count). The van der Waals surface area contributed by atoms with Gasteiger partial charge in [-0.05, 0) is 50.6 Å². The Morgan fingerprint density at radius 2 is 2.33 bits per heavy atom. The van der Waals surface area contributed by atoms with E-state index in [-0.39, 0.29) is 5.91 Å². The van der Waals surface area contributed by atoms with Crippen LogP contribution in [0.15, 0.2) is 24.4 Å². The molecule has 1 N–H and O–H groups in total. The minimum absolute atomic E-state index is 0.0551. The van der Waals surface area contributed by atoms with Gasteiger partial charge in [-0.15, -0.1) is 0 Å². The Labute approximate surface area is 148 Å². The molecule has 2 saturated heterocycles. The third-order valence-corrected chi connectivity index (χ3v) is 6.32. The summed E-state index contributed by atoms with van der Waals surface area (Å²) < 4.78 is 0. The van der Waals surface area contributed by atoms with E-state index in [4.69, 9.17) is 0 Å². The van der Waals surface area contributed by atoms with Crippen LogP contribution in [-0.4, -0.2) is 69.1 Å². The second kappa shape index (κ2) is 7.85. The fourth-order valence-corrected chi connectivity index (χ4v) is 4.85. The van der Waals surface area contributed by atoms with Gasteiger partial charge in [0.15, 0.2) is 5.60 Å². The summed E-state index contributed by atoms with van der Waals surface area (Å²) in [6.07, 6.45) is 5.46. The van der Waals surface area contributed by atoms with Crippen LogP contribution < -0.4 is 0 Å². The van der Waals surface area contributed by atoms with Crippen LogP contribution in [0.25, 0.3) is 0 Å². The summed E-state index contributed by atoms with van der Waals surface area (Å²) in [4.78, 5) is 21.3. The number of amides is 1. The molecule has 2 aliphatic rings. The summed E-state index contributed by atoms with van der Waals surface area (Å²) in [5.74, 6) is 1.37. The number of hydrogen-bond donors (Lipinski definition) is 1. The van der Waals surface area contributed by atoms with Crippen molar-refractivity contribution in [2.75, 3.05) is 31.6 Å². The Hall–Kier alpha value is -1.11. The summed E-state index contributed by atoms with van der Waals surface area (Å²) in [6.45, 7) is 2.34. The zero-order valence-corrected chi connectivity index (χ0v) is 15.2. The van der Waals surface area contributed by atoms with Crippen molar-refractivity contribution in [2.45, 2.75) is 43.9 Å². The molecule has 3 heterocycles. The molecule has 0 bridgehead atoms. The van der Waals surface area contributed by atoms with Crippen molar-refractivity contribution in [1.82, 2.24) is 14.8 Å². The molecule has 5 nitrogen and oxygen atoms in total. The van der Waals surface area contributed by atoms with Crippen LogP contribution in [0.3, 0.4) is 0 Å². The summed E-state index contributed by atoms with van der Waals surface area (Å²) in [7, 11) is 2.14. The predicted octanol–water partition coefficient (Wildman–Crippen LogP) is 1.76. The summed E-state index contributed by atoms with van der Waals surface area (Å²) in [5, 5.41) is 10.5. The van der Waals surface area contributed by atoms with Crippen LogP contribution in [-0.2, 0) is 11.3 Å². The largest absolute Gasteiger partial charge is 0.379 e. The van der Waals surface area contributed by atoms with Crippen LogP contribution in [0, 0.1) is 0 Å². The number of carbonyl (C=O) groups is 1. The maximum atomic E-state index is 12.7. The van der Waals surface area contributed by atoms with Crippen LogP contribution in [0.4, 0.5) is 0 Å². The molecule has 6 heteroatoms. The number of thioether (sulfide) groups is 1. The molecule has 1 aromatic rings. The number of nitrogens with zero attached hydrogens (tertiary/aromatic N) is 3. The van der Waals surface area contributed by atoms with E-state index in [0.29, 0.717) is 18.2 Å². The van der Waals surface area contributed by atoms with Gasteiger partial charge < -0.3 is 10.0 Å². The van der Waals surface area contributed by atoms with E-state index < -0.39 is 5.60 Å². The minimum Gasteiger partial charge on any atom is -0.379 e. The summed E-state index contributed by atoms with van der Waals surface area (Å²) >= 11 is 1.67. The van der Waals surface area contributed by atoms with Gasteiger partial charge in [-0.2, -0.15) is 11.8 Å². The molecule has 1 aromatic heterocycles. The maximum Gasteiger partial charge on any atom is 0.255 e. The fraction of sp³-hybridized carbons (Fsp3) is 0.667. The Kier molecular flexibility index (Phi) is 5.79. The highest BCUT2D eigenvalue weighted by Crippen LogP contribution is 2.30. The fourth-order valence-electron chi connectivity index (χ4n) is 3.62. The highest BCUT2D eigenvalue weighted by Gasteiger charge is 2.42. The molecular weight excluding hydrogens is 322 g/mol. The molecule has 0 aromatic carbocycles. The van der Waals surface area contributed by atoms with Gasteiger partial charge in [0, 0.05) is 37.6 Å². The van der Waals surface area contributed by atoms with Crippen LogP contribution in [0.5, 0.6) is 0 Å². The minimum atomic E-state index is -1.12. The van der Waals surface area contributed by atoms with Gasteiger partial charge >= 0.3 is 0 Å². The average molecular weight is 350 g/mol. The van der Waals surface area contributed by atoms with E-state index in [9.17, 15) is 9.90 Å². The van der Waals surface area contributed by atoms with Crippen LogP contribution in [0.2, 0.25) is 0 Å². The topological polar surface area (TPSA) is 56.7 Å².